The number of aldehydes is 1. The molecule has 1 aromatic heterocycles. The average Bonchev–Trinajstić information content (AvgIpc) is 2.76. The molecule has 0 bridgehead atoms. The average molecular weight is 263 g/mol. The number of benzene rings is 1. The van der Waals surface area contributed by atoms with Crippen LogP contribution in [0.2, 0.25) is 0 Å². The van der Waals surface area contributed by atoms with Gasteiger partial charge in [-0.2, -0.15) is 0 Å². The van der Waals surface area contributed by atoms with E-state index in [0.717, 1.165) is 11.8 Å². The Kier molecular flexibility index (Phi) is 3.34. The largest absolute Gasteiger partial charge is 0.341 e. The first-order valence-corrected chi connectivity index (χ1v) is 7.29. The highest BCUT2D eigenvalue weighted by Crippen LogP contribution is 2.12. The number of carbonyl (C=O) groups is 1. The van der Waals surface area contributed by atoms with Crippen molar-refractivity contribution in [2.45, 2.75) is 11.4 Å². The Morgan fingerprint density at radius 2 is 1.83 bits per heavy atom. The Bertz CT molecular complexity index is 654. The van der Waals surface area contributed by atoms with Crippen molar-refractivity contribution in [1.29, 1.82) is 0 Å². The van der Waals surface area contributed by atoms with Crippen molar-refractivity contribution in [3.8, 4) is 0 Å². The van der Waals surface area contributed by atoms with Crippen molar-refractivity contribution < 1.29 is 13.2 Å². The molecule has 0 amide bonds. The van der Waals surface area contributed by atoms with Crippen LogP contribution in [-0.2, 0) is 16.4 Å². The molecule has 5 heteroatoms. The van der Waals surface area contributed by atoms with Gasteiger partial charge in [-0.3, -0.25) is 4.79 Å². The van der Waals surface area contributed by atoms with E-state index in [4.69, 9.17) is 0 Å². The molecule has 0 aliphatic heterocycles. The zero-order chi connectivity index (χ0) is 13.2. The molecule has 0 saturated carbocycles. The number of carbonyl (C=O) groups excluding carboxylic acids is 1. The molecule has 0 saturated heterocycles. The van der Waals surface area contributed by atoms with Gasteiger partial charge >= 0.3 is 0 Å². The van der Waals surface area contributed by atoms with Crippen LogP contribution in [0.15, 0.2) is 47.5 Å². The molecule has 0 aliphatic carbocycles. The van der Waals surface area contributed by atoms with Crippen molar-refractivity contribution in [2.24, 2.45) is 0 Å². The molecule has 94 valence electrons. The van der Waals surface area contributed by atoms with E-state index in [1.165, 1.54) is 6.26 Å². The minimum absolute atomic E-state index is 0.300. The third-order valence-corrected chi connectivity index (χ3v) is 3.82. The van der Waals surface area contributed by atoms with Crippen LogP contribution in [0, 0.1) is 0 Å². The number of hydrogen-bond donors (Lipinski definition) is 0. The first-order chi connectivity index (χ1) is 8.50. The molecule has 0 unspecified atom stereocenters. The second-order valence-corrected chi connectivity index (χ2v) is 6.11. The lowest BCUT2D eigenvalue weighted by molar-refractivity contribution is 0.111. The summed E-state index contributed by atoms with van der Waals surface area (Å²) in [7, 11) is -3.16. The van der Waals surface area contributed by atoms with E-state index in [-0.39, 0.29) is 0 Å². The Hall–Kier alpha value is -1.88. The van der Waals surface area contributed by atoms with Gasteiger partial charge in [0, 0.05) is 19.0 Å². The standard InChI is InChI=1S/C13H13NO3S/c1-18(16,17)13-6-4-11(5-7-13)9-14-8-2-3-12(14)10-15/h2-8,10H,9H2,1H3. The molecule has 1 aromatic carbocycles. The molecule has 4 nitrogen and oxygen atoms in total. The van der Waals surface area contributed by atoms with Gasteiger partial charge in [-0.1, -0.05) is 12.1 Å². The second-order valence-electron chi connectivity index (χ2n) is 4.09. The van der Waals surface area contributed by atoms with Gasteiger partial charge in [-0.15, -0.1) is 0 Å². The molecular weight excluding hydrogens is 250 g/mol. The van der Waals surface area contributed by atoms with Crippen LogP contribution in [0.1, 0.15) is 16.1 Å². The topological polar surface area (TPSA) is 56.1 Å². The van der Waals surface area contributed by atoms with Gasteiger partial charge in [0.15, 0.2) is 16.1 Å². The molecule has 0 fully saturated rings. The Morgan fingerprint density at radius 1 is 1.17 bits per heavy atom. The van der Waals surface area contributed by atoms with Crippen LogP contribution >= 0.6 is 0 Å². The maximum Gasteiger partial charge on any atom is 0.175 e. The van der Waals surface area contributed by atoms with Crippen LogP contribution in [-0.4, -0.2) is 25.5 Å². The summed E-state index contributed by atoms with van der Waals surface area (Å²) in [4.78, 5) is 11.1. The molecule has 0 N–H and O–H groups in total. The van der Waals surface area contributed by atoms with Crippen LogP contribution < -0.4 is 0 Å². The summed E-state index contributed by atoms with van der Waals surface area (Å²) in [5, 5.41) is 0. The molecule has 1 heterocycles. The fourth-order valence-corrected chi connectivity index (χ4v) is 2.35. The summed E-state index contributed by atoms with van der Waals surface area (Å²) in [6, 6.07) is 10.2. The molecule has 2 aromatic rings. The zero-order valence-corrected chi connectivity index (χ0v) is 10.7. The summed E-state index contributed by atoms with van der Waals surface area (Å²) >= 11 is 0. The summed E-state index contributed by atoms with van der Waals surface area (Å²) in [6.45, 7) is 0.547. The van der Waals surface area contributed by atoms with Crippen molar-refractivity contribution in [3.05, 3.63) is 53.9 Å². The fourth-order valence-electron chi connectivity index (χ4n) is 1.72. The number of rotatable bonds is 4. The number of nitrogens with zero attached hydrogens (tertiary/aromatic N) is 1. The zero-order valence-electron chi connectivity index (χ0n) is 9.91. The quantitative estimate of drug-likeness (QED) is 0.790. The molecule has 18 heavy (non-hydrogen) atoms. The fraction of sp³-hybridized carbons (Fsp3) is 0.154. The van der Waals surface area contributed by atoms with Crippen molar-refractivity contribution in [2.75, 3.05) is 6.26 Å². The highest BCUT2D eigenvalue weighted by atomic mass is 32.2. The van der Waals surface area contributed by atoms with Gasteiger partial charge in [0.25, 0.3) is 0 Å². The third kappa shape index (κ3) is 2.68. The second kappa shape index (κ2) is 4.78. The molecule has 0 aliphatic rings. The van der Waals surface area contributed by atoms with Crippen LogP contribution in [0.4, 0.5) is 0 Å². The summed E-state index contributed by atoms with van der Waals surface area (Å²) in [6.07, 6.45) is 3.79. The van der Waals surface area contributed by atoms with Crippen molar-refractivity contribution >= 4 is 16.1 Å². The molecular formula is C13H13NO3S. The molecule has 0 atom stereocenters. The lowest BCUT2D eigenvalue weighted by Crippen LogP contribution is -2.03. The summed E-state index contributed by atoms with van der Waals surface area (Å²) in [5.74, 6) is 0. The SMILES string of the molecule is CS(=O)(=O)c1ccc(Cn2cccc2C=O)cc1. The van der Waals surface area contributed by atoms with Gasteiger partial charge in [0.2, 0.25) is 0 Å². The van der Waals surface area contributed by atoms with Crippen molar-refractivity contribution in [3.63, 3.8) is 0 Å². The van der Waals surface area contributed by atoms with Crippen LogP contribution in [0.3, 0.4) is 0 Å². The molecule has 0 spiro atoms. The van der Waals surface area contributed by atoms with E-state index in [9.17, 15) is 13.2 Å². The third-order valence-electron chi connectivity index (χ3n) is 2.69. The monoisotopic (exact) mass is 263 g/mol. The van der Waals surface area contributed by atoms with E-state index in [0.29, 0.717) is 17.1 Å². The van der Waals surface area contributed by atoms with Gasteiger partial charge in [0.1, 0.15) is 0 Å². The first-order valence-electron chi connectivity index (χ1n) is 5.40. The van der Waals surface area contributed by atoms with Gasteiger partial charge < -0.3 is 4.57 Å². The number of sulfone groups is 1. The summed E-state index contributed by atoms with van der Waals surface area (Å²) < 4.78 is 24.4. The van der Waals surface area contributed by atoms with Crippen LogP contribution in [0.25, 0.3) is 0 Å². The maximum atomic E-state index is 11.3. The first kappa shape index (κ1) is 12.6. The van der Waals surface area contributed by atoms with E-state index in [2.05, 4.69) is 0 Å². The van der Waals surface area contributed by atoms with E-state index < -0.39 is 9.84 Å². The van der Waals surface area contributed by atoms with E-state index in [1.54, 1.807) is 36.4 Å². The predicted molar refractivity (Wildman–Crippen MR) is 68.5 cm³/mol. The highest BCUT2D eigenvalue weighted by molar-refractivity contribution is 7.90. The van der Waals surface area contributed by atoms with Crippen molar-refractivity contribution in [1.82, 2.24) is 4.57 Å². The number of hydrogen-bond acceptors (Lipinski definition) is 3. The maximum absolute atomic E-state index is 11.3. The van der Waals surface area contributed by atoms with Gasteiger partial charge in [-0.25, -0.2) is 8.42 Å². The van der Waals surface area contributed by atoms with Crippen LogP contribution in [0.5, 0.6) is 0 Å². The smallest absolute Gasteiger partial charge is 0.175 e. The van der Waals surface area contributed by atoms with Gasteiger partial charge in [0.05, 0.1) is 10.6 Å². The van der Waals surface area contributed by atoms with Gasteiger partial charge in [-0.05, 0) is 29.8 Å². The lowest BCUT2D eigenvalue weighted by Gasteiger charge is -2.06. The minimum Gasteiger partial charge on any atom is -0.341 e. The Morgan fingerprint density at radius 3 is 2.39 bits per heavy atom. The Labute approximate surface area is 106 Å². The highest BCUT2D eigenvalue weighted by Gasteiger charge is 2.06. The summed E-state index contributed by atoms with van der Waals surface area (Å²) in [5.41, 5.74) is 1.55. The minimum atomic E-state index is -3.16. The predicted octanol–water partition coefficient (Wildman–Crippen LogP) is 1.75. The normalized spacial score (nSPS) is 11.4. The number of aromatic nitrogens is 1. The Balaban J connectivity index is 2.24. The molecule has 0 radical (unpaired) electrons. The lowest BCUT2D eigenvalue weighted by atomic mass is 10.2. The molecule has 2 rings (SSSR count). The van der Waals surface area contributed by atoms with E-state index in [1.807, 2.05) is 10.8 Å². The van der Waals surface area contributed by atoms with E-state index >= 15 is 0 Å².